The van der Waals surface area contributed by atoms with E-state index in [-0.39, 0.29) is 23.2 Å². The highest BCUT2D eigenvalue weighted by Gasteiger charge is 2.23. The number of hydrogen-bond acceptors (Lipinski definition) is 6. The largest absolute Gasteiger partial charge is 0.355 e. The molecular weight excluding hydrogens is 322 g/mol. The topological polar surface area (TPSA) is 114 Å². The predicted molar refractivity (Wildman–Crippen MR) is 87.9 cm³/mol. The maximum Gasteiger partial charge on any atom is 0.273 e. The first-order valence-corrected chi connectivity index (χ1v) is 7.94. The number of pyridine rings is 1. The summed E-state index contributed by atoms with van der Waals surface area (Å²) in [4.78, 5) is 27.8. The second kappa shape index (κ2) is 6.31. The number of aromatic amines is 1. The summed E-state index contributed by atoms with van der Waals surface area (Å²) in [5.74, 6) is 0.188. The molecule has 2 N–H and O–H groups in total. The molecule has 0 saturated carbocycles. The van der Waals surface area contributed by atoms with Gasteiger partial charge in [-0.3, -0.25) is 14.6 Å². The fourth-order valence-electron chi connectivity index (χ4n) is 2.95. The van der Waals surface area contributed by atoms with Crippen molar-refractivity contribution in [3.8, 4) is 11.3 Å². The first-order chi connectivity index (χ1) is 12.2. The van der Waals surface area contributed by atoms with Crippen molar-refractivity contribution in [3.63, 3.8) is 0 Å². The van der Waals surface area contributed by atoms with Gasteiger partial charge in [-0.1, -0.05) is 5.16 Å². The maximum atomic E-state index is 12.4. The predicted octanol–water partition coefficient (Wildman–Crippen LogP) is 1.11. The first kappa shape index (κ1) is 15.3. The molecule has 0 bridgehead atoms. The zero-order valence-corrected chi connectivity index (χ0v) is 13.2. The number of carbonyl (C=O) groups is 1. The molecule has 1 aliphatic rings. The minimum atomic E-state index is -0.301. The van der Waals surface area contributed by atoms with Crippen LogP contribution in [0.5, 0.6) is 0 Å². The molecule has 0 spiro atoms. The number of nitrogens with one attached hydrogen (secondary N) is 2. The van der Waals surface area contributed by atoms with Crippen LogP contribution in [0.2, 0.25) is 0 Å². The van der Waals surface area contributed by atoms with E-state index in [2.05, 4.69) is 25.7 Å². The Hall–Kier alpha value is -3.29. The third-order valence-corrected chi connectivity index (χ3v) is 4.20. The second-order valence-electron chi connectivity index (χ2n) is 5.94. The van der Waals surface area contributed by atoms with Crippen molar-refractivity contribution in [2.24, 2.45) is 0 Å². The molecule has 4 rings (SSSR count). The molecule has 126 valence electrons. The van der Waals surface area contributed by atoms with Crippen LogP contribution in [0.25, 0.3) is 11.3 Å². The van der Waals surface area contributed by atoms with Gasteiger partial charge in [-0.15, -0.1) is 0 Å². The Morgan fingerprint density at radius 3 is 3.12 bits per heavy atom. The van der Waals surface area contributed by atoms with Crippen LogP contribution in [-0.4, -0.2) is 32.3 Å². The second-order valence-corrected chi connectivity index (χ2v) is 5.94. The van der Waals surface area contributed by atoms with Gasteiger partial charge in [-0.2, -0.15) is 5.10 Å². The van der Waals surface area contributed by atoms with Crippen LogP contribution in [-0.2, 0) is 12.8 Å². The lowest BCUT2D eigenvalue weighted by molar-refractivity contribution is 0.0924. The standard InChI is InChI=1S/C17H15N5O3/c23-16-7-11-6-12(3-4-13(11)20-21-16)19-17(24)14-8-15(25-22-14)10-2-1-5-18-9-10/h1-2,5,7-9,12H,3-4,6H2,(H,19,24)(H,21,23). The SMILES string of the molecule is O=C(NC1CCc2n[nH]c(=O)cc2C1)c1cc(-c2cccnc2)on1. The molecule has 3 aromatic heterocycles. The van der Waals surface area contributed by atoms with Gasteiger partial charge in [0.1, 0.15) is 0 Å². The molecule has 0 aliphatic heterocycles. The van der Waals surface area contributed by atoms with E-state index < -0.39 is 0 Å². The summed E-state index contributed by atoms with van der Waals surface area (Å²) in [5, 5.41) is 13.3. The lowest BCUT2D eigenvalue weighted by Crippen LogP contribution is -2.39. The van der Waals surface area contributed by atoms with Crippen molar-refractivity contribution in [2.75, 3.05) is 0 Å². The van der Waals surface area contributed by atoms with Gasteiger partial charge >= 0.3 is 0 Å². The molecule has 8 nitrogen and oxygen atoms in total. The summed E-state index contributed by atoms with van der Waals surface area (Å²) in [5.41, 5.74) is 2.49. The first-order valence-electron chi connectivity index (χ1n) is 7.94. The van der Waals surface area contributed by atoms with Gasteiger partial charge in [0.15, 0.2) is 11.5 Å². The Kier molecular flexibility index (Phi) is 3.85. The van der Waals surface area contributed by atoms with E-state index in [0.717, 1.165) is 23.2 Å². The van der Waals surface area contributed by atoms with Crippen molar-refractivity contribution in [3.05, 3.63) is 64.0 Å². The minimum absolute atomic E-state index is 0.0675. The van der Waals surface area contributed by atoms with Crippen LogP contribution < -0.4 is 10.9 Å². The highest BCUT2D eigenvalue weighted by atomic mass is 16.5. The number of aromatic nitrogens is 4. The Labute approximate surface area is 142 Å². The molecule has 0 radical (unpaired) electrons. The molecular formula is C17H15N5O3. The van der Waals surface area contributed by atoms with Crippen LogP contribution in [0, 0.1) is 0 Å². The molecule has 1 amide bonds. The molecule has 25 heavy (non-hydrogen) atoms. The molecule has 1 atom stereocenters. The van der Waals surface area contributed by atoms with E-state index in [1.165, 1.54) is 6.07 Å². The summed E-state index contributed by atoms with van der Waals surface area (Å²) in [7, 11) is 0. The lowest BCUT2D eigenvalue weighted by atomic mass is 9.92. The molecule has 8 heteroatoms. The lowest BCUT2D eigenvalue weighted by Gasteiger charge is -2.23. The number of aryl methyl sites for hydroxylation is 1. The van der Waals surface area contributed by atoms with E-state index in [1.54, 1.807) is 24.5 Å². The van der Waals surface area contributed by atoms with E-state index in [4.69, 9.17) is 4.52 Å². The van der Waals surface area contributed by atoms with Crippen LogP contribution >= 0.6 is 0 Å². The zero-order valence-electron chi connectivity index (χ0n) is 13.2. The molecule has 3 aromatic rings. The molecule has 0 saturated heterocycles. The summed E-state index contributed by atoms with van der Waals surface area (Å²) in [6.07, 6.45) is 5.34. The highest BCUT2D eigenvalue weighted by molar-refractivity contribution is 5.93. The Bertz CT molecular complexity index is 964. The summed E-state index contributed by atoms with van der Waals surface area (Å²) < 4.78 is 5.23. The van der Waals surface area contributed by atoms with Crippen molar-refractivity contribution < 1.29 is 9.32 Å². The number of rotatable bonds is 3. The van der Waals surface area contributed by atoms with Gasteiger partial charge in [-0.05, 0) is 37.0 Å². The Balaban J connectivity index is 1.46. The van der Waals surface area contributed by atoms with Gasteiger partial charge in [0.2, 0.25) is 0 Å². The smallest absolute Gasteiger partial charge is 0.273 e. The van der Waals surface area contributed by atoms with Gasteiger partial charge < -0.3 is 9.84 Å². The molecule has 0 fully saturated rings. The number of hydrogen-bond donors (Lipinski definition) is 2. The van der Waals surface area contributed by atoms with Crippen molar-refractivity contribution >= 4 is 5.91 Å². The van der Waals surface area contributed by atoms with E-state index in [0.29, 0.717) is 18.6 Å². The van der Waals surface area contributed by atoms with Gasteiger partial charge in [0.05, 0.1) is 5.69 Å². The summed E-state index contributed by atoms with van der Waals surface area (Å²) in [6.45, 7) is 0. The Morgan fingerprint density at radius 2 is 2.28 bits per heavy atom. The number of nitrogens with zero attached hydrogens (tertiary/aromatic N) is 3. The summed E-state index contributed by atoms with van der Waals surface area (Å²) >= 11 is 0. The number of fused-ring (bicyclic) bond motifs is 1. The van der Waals surface area contributed by atoms with Crippen molar-refractivity contribution in [2.45, 2.75) is 25.3 Å². The third kappa shape index (κ3) is 3.18. The average Bonchev–Trinajstić information content (AvgIpc) is 3.12. The monoisotopic (exact) mass is 337 g/mol. The van der Waals surface area contributed by atoms with Gasteiger partial charge in [0, 0.05) is 36.1 Å². The maximum absolute atomic E-state index is 12.4. The zero-order chi connectivity index (χ0) is 17.2. The van der Waals surface area contributed by atoms with E-state index >= 15 is 0 Å². The van der Waals surface area contributed by atoms with E-state index in [9.17, 15) is 9.59 Å². The number of carbonyl (C=O) groups excluding carboxylic acids is 1. The average molecular weight is 337 g/mol. The normalized spacial score (nSPS) is 16.2. The molecule has 1 aliphatic carbocycles. The van der Waals surface area contributed by atoms with Gasteiger partial charge in [0.25, 0.3) is 11.5 Å². The molecule has 0 aromatic carbocycles. The van der Waals surface area contributed by atoms with Crippen LogP contribution in [0.1, 0.15) is 28.2 Å². The minimum Gasteiger partial charge on any atom is -0.355 e. The Morgan fingerprint density at radius 1 is 1.36 bits per heavy atom. The highest BCUT2D eigenvalue weighted by Crippen LogP contribution is 2.20. The van der Waals surface area contributed by atoms with E-state index in [1.807, 2.05) is 6.07 Å². The van der Waals surface area contributed by atoms with Crippen LogP contribution in [0.15, 0.2) is 46.0 Å². The quantitative estimate of drug-likeness (QED) is 0.740. The fourth-order valence-corrected chi connectivity index (χ4v) is 2.95. The third-order valence-electron chi connectivity index (χ3n) is 4.20. The van der Waals surface area contributed by atoms with Crippen LogP contribution in [0.4, 0.5) is 0 Å². The number of amides is 1. The van der Waals surface area contributed by atoms with Crippen molar-refractivity contribution in [1.82, 2.24) is 25.7 Å². The van der Waals surface area contributed by atoms with Crippen molar-refractivity contribution in [1.29, 1.82) is 0 Å². The molecule has 3 heterocycles. The van der Waals surface area contributed by atoms with Crippen LogP contribution in [0.3, 0.4) is 0 Å². The molecule has 1 unspecified atom stereocenters. The fraction of sp³-hybridized carbons (Fsp3) is 0.235. The van der Waals surface area contributed by atoms with Gasteiger partial charge in [-0.25, -0.2) is 5.10 Å². The number of H-pyrrole nitrogens is 1. The summed E-state index contributed by atoms with van der Waals surface area (Å²) in [6, 6.07) is 6.68.